The molecule has 0 fully saturated rings. The molecule has 0 aliphatic carbocycles. The fourth-order valence-electron chi connectivity index (χ4n) is 2.34. The molecule has 2 aromatic carbocycles. The Labute approximate surface area is 183 Å². The first-order chi connectivity index (χ1) is 13.6. The number of rotatable bonds is 8. The van der Waals surface area contributed by atoms with E-state index in [4.69, 9.17) is 15.3 Å². The van der Waals surface area contributed by atoms with Crippen LogP contribution in [0.5, 0.6) is 11.5 Å². The van der Waals surface area contributed by atoms with Crippen LogP contribution in [0.4, 0.5) is 5.95 Å². The van der Waals surface area contributed by atoms with Gasteiger partial charge in [0.1, 0.15) is 6.61 Å². The first-order valence-electron chi connectivity index (χ1n) is 8.67. The second-order valence-corrected chi connectivity index (χ2v) is 6.78. The largest absolute Gasteiger partial charge is 0.490 e. The van der Waals surface area contributed by atoms with Crippen molar-refractivity contribution in [3.63, 3.8) is 0 Å². The molecule has 0 bridgehead atoms. The monoisotopic (exact) mass is 480 g/mol. The second kappa shape index (κ2) is 10.7. The molecular formula is C19H22BrClN6O2. The number of halogens is 2. The van der Waals surface area contributed by atoms with Crippen LogP contribution >= 0.6 is 28.3 Å². The predicted molar refractivity (Wildman–Crippen MR) is 119 cm³/mol. The van der Waals surface area contributed by atoms with Crippen LogP contribution in [0, 0.1) is 6.92 Å². The van der Waals surface area contributed by atoms with Crippen molar-refractivity contribution in [2.75, 3.05) is 17.9 Å². The van der Waals surface area contributed by atoms with E-state index in [1.807, 2.05) is 49.4 Å². The lowest BCUT2D eigenvalue weighted by Gasteiger charge is -2.12. The highest BCUT2D eigenvalue weighted by Gasteiger charge is 2.07. The molecule has 8 nitrogen and oxygen atoms in total. The number of anilines is 1. The number of nitrogens with zero attached hydrogens (tertiary/aromatic N) is 4. The highest BCUT2D eigenvalue weighted by Crippen LogP contribution is 2.29. The van der Waals surface area contributed by atoms with Gasteiger partial charge in [0.05, 0.1) is 12.8 Å². The summed E-state index contributed by atoms with van der Waals surface area (Å²) < 4.78 is 14.0. The van der Waals surface area contributed by atoms with Crippen LogP contribution < -0.4 is 20.7 Å². The molecule has 0 saturated heterocycles. The summed E-state index contributed by atoms with van der Waals surface area (Å²) in [5.41, 5.74) is 4.67. The van der Waals surface area contributed by atoms with Gasteiger partial charge < -0.3 is 15.3 Å². The van der Waals surface area contributed by atoms with Crippen LogP contribution in [0.3, 0.4) is 0 Å². The summed E-state index contributed by atoms with van der Waals surface area (Å²) in [6.07, 6.45) is 1.64. The Hall–Kier alpha value is -2.78. The van der Waals surface area contributed by atoms with Crippen molar-refractivity contribution in [1.82, 2.24) is 14.9 Å². The Morgan fingerprint density at radius 2 is 1.90 bits per heavy atom. The molecule has 0 saturated carbocycles. The maximum absolute atomic E-state index is 5.92. The molecule has 3 N–H and O–H groups in total. The number of benzene rings is 2. The number of aromatic nitrogens is 3. The standard InChI is InChI=1S/C19H21BrN6O2.ClH/c1-3-27-18-10-15(11-22-24-19-25-23-13(2)26(19)21)6-9-17(18)28-12-14-4-7-16(20)8-5-14;/h4-11H,3,12,21H2,1-2H3,(H,24,25);1H/b22-11+;. The molecule has 1 heterocycles. The Morgan fingerprint density at radius 3 is 2.55 bits per heavy atom. The fraction of sp³-hybridized carbons (Fsp3) is 0.211. The van der Waals surface area contributed by atoms with Crippen LogP contribution in [0.2, 0.25) is 0 Å². The Bertz CT molecular complexity index is 962. The summed E-state index contributed by atoms with van der Waals surface area (Å²) in [4.78, 5) is 0. The van der Waals surface area contributed by atoms with Gasteiger partial charge >= 0.3 is 0 Å². The van der Waals surface area contributed by atoms with Gasteiger partial charge in [-0.3, -0.25) is 0 Å². The predicted octanol–water partition coefficient (Wildman–Crippen LogP) is 3.91. The third-order valence-corrected chi connectivity index (χ3v) is 4.35. The van der Waals surface area contributed by atoms with E-state index in [0.29, 0.717) is 36.5 Å². The maximum atomic E-state index is 5.92. The molecule has 0 radical (unpaired) electrons. The average Bonchev–Trinajstić information content (AvgIpc) is 3.01. The van der Waals surface area contributed by atoms with Gasteiger partial charge in [-0.25, -0.2) is 10.1 Å². The minimum Gasteiger partial charge on any atom is -0.490 e. The van der Waals surface area contributed by atoms with E-state index in [1.54, 1.807) is 13.1 Å². The Morgan fingerprint density at radius 1 is 1.14 bits per heavy atom. The fourth-order valence-corrected chi connectivity index (χ4v) is 2.61. The quantitative estimate of drug-likeness (QED) is 0.287. The molecule has 1 aromatic heterocycles. The van der Waals surface area contributed by atoms with Crippen LogP contribution in [-0.4, -0.2) is 27.7 Å². The molecule has 3 rings (SSSR count). The summed E-state index contributed by atoms with van der Waals surface area (Å²) in [6, 6.07) is 13.6. The molecule has 0 aliphatic rings. The van der Waals surface area contributed by atoms with Gasteiger partial charge in [0, 0.05) is 4.47 Å². The minimum absolute atomic E-state index is 0. The molecule has 0 aliphatic heterocycles. The third-order valence-electron chi connectivity index (χ3n) is 3.82. The number of nitrogen functional groups attached to an aromatic ring is 1. The summed E-state index contributed by atoms with van der Waals surface area (Å²) >= 11 is 3.43. The van der Waals surface area contributed by atoms with Gasteiger partial charge in [-0.1, -0.05) is 28.1 Å². The molecule has 10 heteroatoms. The van der Waals surface area contributed by atoms with Crippen LogP contribution in [0.15, 0.2) is 52.0 Å². The van der Waals surface area contributed by atoms with Crippen LogP contribution in [0.25, 0.3) is 0 Å². The van der Waals surface area contributed by atoms with Gasteiger partial charge in [-0.2, -0.15) is 5.10 Å². The summed E-state index contributed by atoms with van der Waals surface area (Å²) in [7, 11) is 0. The number of hydrogen-bond donors (Lipinski definition) is 2. The van der Waals surface area contributed by atoms with Crippen molar-refractivity contribution in [2.45, 2.75) is 20.5 Å². The number of hydrazone groups is 1. The van der Waals surface area contributed by atoms with Crippen molar-refractivity contribution in [1.29, 1.82) is 0 Å². The van der Waals surface area contributed by atoms with Crippen LogP contribution in [0.1, 0.15) is 23.9 Å². The molecule has 3 aromatic rings. The molecule has 154 valence electrons. The lowest BCUT2D eigenvalue weighted by Crippen LogP contribution is -2.13. The molecule has 0 unspecified atom stereocenters. The zero-order valence-corrected chi connectivity index (χ0v) is 18.4. The molecular weight excluding hydrogens is 460 g/mol. The van der Waals surface area contributed by atoms with Gasteiger partial charge in [-0.05, 0) is 55.3 Å². The van der Waals surface area contributed by atoms with Gasteiger partial charge in [0.2, 0.25) is 0 Å². The topological polar surface area (TPSA) is 99.6 Å². The van der Waals surface area contributed by atoms with Gasteiger partial charge in [0.25, 0.3) is 5.95 Å². The molecule has 0 amide bonds. The number of aryl methyl sites for hydroxylation is 1. The average molecular weight is 482 g/mol. The maximum Gasteiger partial charge on any atom is 0.263 e. The zero-order valence-electron chi connectivity index (χ0n) is 16.0. The van der Waals surface area contributed by atoms with Crippen molar-refractivity contribution in [2.24, 2.45) is 5.10 Å². The van der Waals surface area contributed by atoms with E-state index in [-0.39, 0.29) is 12.4 Å². The molecule has 29 heavy (non-hydrogen) atoms. The first kappa shape index (κ1) is 22.5. The number of nitrogens with one attached hydrogen (secondary N) is 1. The van der Waals surface area contributed by atoms with Crippen molar-refractivity contribution < 1.29 is 9.47 Å². The summed E-state index contributed by atoms with van der Waals surface area (Å²) in [6.45, 7) is 4.66. The lowest BCUT2D eigenvalue weighted by atomic mass is 10.2. The van der Waals surface area contributed by atoms with E-state index in [0.717, 1.165) is 15.6 Å². The first-order valence-corrected chi connectivity index (χ1v) is 9.46. The normalized spacial score (nSPS) is 10.6. The van der Waals surface area contributed by atoms with E-state index in [2.05, 4.69) is 36.7 Å². The van der Waals surface area contributed by atoms with Gasteiger partial charge in [-0.15, -0.1) is 22.6 Å². The van der Waals surface area contributed by atoms with Crippen molar-refractivity contribution in [3.8, 4) is 11.5 Å². The van der Waals surface area contributed by atoms with E-state index < -0.39 is 0 Å². The molecule has 0 spiro atoms. The third kappa shape index (κ3) is 6.10. The van der Waals surface area contributed by atoms with E-state index in [9.17, 15) is 0 Å². The number of nitrogens with two attached hydrogens (primary N) is 1. The number of hydrogen-bond acceptors (Lipinski definition) is 7. The lowest BCUT2D eigenvalue weighted by molar-refractivity contribution is 0.269. The Balaban J connectivity index is 0.00000300. The summed E-state index contributed by atoms with van der Waals surface area (Å²) in [5.74, 6) is 8.04. The number of ether oxygens (including phenoxy) is 2. The zero-order chi connectivity index (χ0) is 19.9. The highest BCUT2D eigenvalue weighted by atomic mass is 79.9. The minimum atomic E-state index is 0. The smallest absolute Gasteiger partial charge is 0.263 e. The molecule has 0 atom stereocenters. The van der Waals surface area contributed by atoms with E-state index in [1.165, 1.54) is 4.68 Å². The van der Waals surface area contributed by atoms with Crippen molar-refractivity contribution in [3.05, 3.63) is 63.9 Å². The van der Waals surface area contributed by atoms with Crippen LogP contribution in [-0.2, 0) is 6.61 Å². The second-order valence-electron chi connectivity index (χ2n) is 5.87. The van der Waals surface area contributed by atoms with E-state index >= 15 is 0 Å². The van der Waals surface area contributed by atoms with Gasteiger partial charge in [0.15, 0.2) is 17.3 Å². The highest BCUT2D eigenvalue weighted by molar-refractivity contribution is 9.10. The summed E-state index contributed by atoms with van der Waals surface area (Å²) in [5, 5.41) is 11.9. The van der Waals surface area contributed by atoms with Crippen molar-refractivity contribution >= 4 is 40.5 Å². The Kier molecular flexibility index (Phi) is 8.29. The SMILES string of the molecule is CCOc1cc(/C=N/Nc2nnc(C)n2N)ccc1OCc1ccc(Br)cc1.Cl.